The molecule has 2 fully saturated rings. The van der Waals surface area contributed by atoms with E-state index in [9.17, 15) is 9.59 Å². The summed E-state index contributed by atoms with van der Waals surface area (Å²) in [7, 11) is 2.04. The first-order valence-corrected chi connectivity index (χ1v) is 9.40. The normalized spacial score (nSPS) is 21.5. The summed E-state index contributed by atoms with van der Waals surface area (Å²) in [4.78, 5) is 31.9. The molecule has 0 radical (unpaired) electrons. The zero-order valence-electron chi connectivity index (χ0n) is 12.7. The monoisotopic (exact) mass is 367 g/mol. The predicted molar refractivity (Wildman–Crippen MR) is 98.3 cm³/mol. The van der Waals surface area contributed by atoms with Crippen molar-refractivity contribution in [2.75, 3.05) is 39.8 Å². The first-order chi connectivity index (χ1) is 11.0. The van der Waals surface area contributed by atoms with Gasteiger partial charge >= 0.3 is 0 Å². The molecule has 122 valence electrons. The average molecular weight is 368 g/mol. The summed E-state index contributed by atoms with van der Waals surface area (Å²) in [5, 5.41) is 1.96. The molecule has 2 aliphatic rings. The van der Waals surface area contributed by atoms with Crippen LogP contribution in [0, 0.1) is 0 Å². The summed E-state index contributed by atoms with van der Waals surface area (Å²) in [6.07, 6.45) is 1.84. The van der Waals surface area contributed by atoms with E-state index >= 15 is 0 Å². The van der Waals surface area contributed by atoms with Gasteiger partial charge in [-0.3, -0.25) is 14.5 Å². The lowest BCUT2D eigenvalue weighted by Crippen LogP contribution is -2.50. The Morgan fingerprint density at radius 2 is 2.09 bits per heavy atom. The Balaban J connectivity index is 1.65. The SMILES string of the molecule is CN1CCN(C(=O)CN2C(=O)/C(=C\c3cccs3)SC2=S)CC1. The van der Waals surface area contributed by atoms with Gasteiger partial charge in [0, 0.05) is 31.1 Å². The van der Waals surface area contributed by atoms with E-state index in [4.69, 9.17) is 12.2 Å². The van der Waals surface area contributed by atoms with Gasteiger partial charge in [0.05, 0.1) is 4.91 Å². The molecule has 8 heteroatoms. The smallest absolute Gasteiger partial charge is 0.266 e. The molecule has 5 nitrogen and oxygen atoms in total. The van der Waals surface area contributed by atoms with E-state index in [1.54, 1.807) is 11.3 Å². The van der Waals surface area contributed by atoms with Crippen molar-refractivity contribution in [2.24, 2.45) is 0 Å². The first-order valence-electron chi connectivity index (χ1n) is 7.30. The van der Waals surface area contributed by atoms with Crippen LogP contribution in [0.25, 0.3) is 6.08 Å². The van der Waals surface area contributed by atoms with Crippen LogP contribution in [-0.2, 0) is 9.59 Å². The van der Waals surface area contributed by atoms with Gasteiger partial charge in [-0.1, -0.05) is 30.0 Å². The van der Waals surface area contributed by atoms with Gasteiger partial charge in [-0.25, -0.2) is 0 Å². The third-order valence-electron chi connectivity index (χ3n) is 3.84. The van der Waals surface area contributed by atoms with E-state index in [1.165, 1.54) is 16.7 Å². The standard InChI is InChI=1S/C15H17N3O2S3/c1-16-4-6-17(7-5-16)13(19)10-18-14(20)12(23-15(18)21)9-11-3-2-8-22-11/h2-3,8-9H,4-7,10H2,1H3/b12-9+. The lowest BCUT2D eigenvalue weighted by Gasteiger charge is -2.33. The third kappa shape index (κ3) is 3.82. The van der Waals surface area contributed by atoms with Gasteiger partial charge < -0.3 is 9.80 Å². The minimum atomic E-state index is -0.170. The molecule has 0 N–H and O–H groups in total. The Bertz CT molecular complexity index is 649. The number of rotatable bonds is 3. The number of carbonyl (C=O) groups excluding carboxylic acids is 2. The van der Waals surface area contributed by atoms with Crippen molar-refractivity contribution in [2.45, 2.75) is 0 Å². The lowest BCUT2D eigenvalue weighted by atomic mass is 10.3. The second kappa shape index (κ2) is 7.12. The van der Waals surface area contributed by atoms with E-state index < -0.39 is 0 Å². The van der Waals surface area contributed by atoms with E-state index in [0.717, 1.165) is 18.0 Å². The minimum Gasteiger partial charge on any atom is -0.339 e. The van der Waals surface area contributed by atoms with Crippen LogP contribution in [0.1, 0.15) is 4.88 Å². The summed E-state index contributed by atoms with van der Waals surface area (Å²) in [6, 6.07) is 3.89. The molecule has 0 unspecified atom stereocenters. The van der Waals surface area contributed by atoms with Crippen LogP contribution in [0.15, 0.2) is 22.4 Å². The summed E-state index contributed by atoms with van der Waals surface area (Å²) >= 11 is 8.11. The lowest BCUT2D eigenvalue weighted by molar-refractivity contribution is -0.136. The molecule has 0 aromatic carbocycles. The fourth-order valence-corrected chi connectivity index (χ4v) is 4.41. The zero-order valence-corrected chi connectivity index (χ0v) is 15.2. The second-order valence-corrected chi connectivity index (χ2v) is 8.12. The number of thiophene rings is 1. The molecule has 0 saturated carbocycles. The van der Waals surface area contributed by atoms with Gasteiger partial charge in [0.2, 0.25) is 5.91 Å². The molecule has 23 heavy (non-hydrogen) atoms. The van der Waals surface area contributed by atoms with Crippen LogP contribution in [0.2, 0.25) is 0 Å². The molecular formula is C15H17N3O2S3. The van der Waals surface area contributed by atoms with Gasteiger partial charge in [0.25, 0.3) is 5.91 Å². The molecule has 3 heterocycles. The molecule has 0 atom stereocenters. The number of amides is 2. The third-order valence-corrected chi connectivity index (χ3v) is 6.04. The van der Waals surface area contributed by atoms with E-state index in [-0.39, 0.29) is 18.4 Å². The fraction of sp³-hybridized carbons (Fsp3) is 0.400. The largest absolute Gasteiger partial charge is 0.339 e. The Hall–Kier alpha value is -1.22. The van der Waals surface area contributed by atoms with Crippen LogP contribution < -0.4 is 0 Å². The maximum Gasteiger partial charge on any atom is 0.266 e. The Kier molecular flexibility index (Phi) is 5.15. The van der Waals surface area contributed by atoms with Crippen LogP contribution in [-0.4, -0.2) is 70.6 Å². The first kappa shape index (κ1) is 16.6. The molecular weight excluding hydrogens is 350 g/mol. The molecule has 0 bridgehead atoms. The number of piperazine rings is 1. The summed E-state index contributed by atoms with van der Waals surface area (Å²) in [5.74, 6) is -0.206. The van der Waals surface area contributed by atoms with Gasteiger partial charge in [-0.15, -0.1) is 11.3 Å². The fourth-order valence-electron chi connectivity index (χ4n) is 2.43. The molecule has 2 aliphatic heterocycles. The average Bonchev–Trinajstić information content (AvgIpc) is 3.12. The van der Waals surface area contributed by atoms with Crippen molar-refractivity contribution in [3.63, 3.8) is 0 Å². The molecule has 0 aliphatic carbocycles. The summed E-state index contributed by atoms with van der Waals surface area (Å²) in [6.45, 7) is 3.17. The number of likely N-dealkylation sites (N-methyl/N-ethyl adjacent to an activating group) is 1. The van der Waals surface area contributed by atoms with E-state index in [2.05, 4.69) is 4.90 Å². The van der Waals surface area contributed by atoms with Crippen molar-refractivity contribution in [3.8, 4) is 0 Å². The van der Waals surface area contributed by atoms with Crippen LogP contribution in [0.4, 0.5) is 0 Å². The quantitative estimate of drug-likeness (QED) is 0.601. The van der Waals surface area contributed by atoms with Crippen LogP contribution >= 0.6 is 35.3 Å². The number of thiocarbonyl (C=S) groups is 1. The van der Waals surface area contributed by atoms with Crippen molar-refractivity contribution in [3.05, 3.63) is 27.3 Å². The highest BCUT2D eigenvalue weighted by Gasteiger charge is 2.34. The van der Waals surface area contributed by atoms with Gasteiger partial charge in [-0.2, -0.15) is 0 Å². The molecule has 1 aromatic heterocycles. The maximum atomic E-state index is 12.5. The summed E-state index contributed by atoms with van der Waals surface area (Å²) in [5.41, 5.74) is 0. The molecule has 2 saturated heterocycles. The number of nitrogens with zero attached hydrogens (tertiary/aromatic N) is 3. The van der Waals surface area contributed by atoms with Crippen molar-refractivity contribution >= 4 is 57.5 Å². The number of hydrogen-bond donors (Lipinski definition) is 0. The van der Waals surface area contributed by atoms with Crippen LogP contribution in [0.3, 0.4) is 0 Å². The predicted octanol–water partition coefficient (Wildman–Crippen LogP) is 1.72. The molecule has 2 amide bonds. The van der Waals surface area contributed by atoms with Crippen molar-refractivity contribution < 1.29 is 9.59 Å². The zero-order chi connectivity index (χ0) is 16.4. The summed E-state index contributed by atoms with van der Waals surface area (Å²) < 4.78 is 0.459. The molecule has 3 rings (SSSR count). The van der Waals surface area contributed by atoms with Crippen molar-refractivity contribution in [1.29, 1.82) is 0 Å². The highest BCUT2D eigenvalue weighted by molar-refractivity contribution is 8.26. The van der Waals surface area contributed by atoms with Gasteiger partial charge in [0.1, 0.15) is 10.9 Å². The number of thioether (sulfide) groups is 1. The van der Waals surface area contributed by atoms with Crippen LogP contribution in [0.5, 0.6) is 0 Å². The Morgan fingerprint density at radius 3 is 2.74 bits per heavy atom. The number of carbonyl (C=O) groups is 2. The Labute approximate surface area is 148 Å². The minimum absolute atomic E-state index is 0.0354. The van der Waals surface area contributed by atoms with Crippen molar-refractivity contribution in [1.82, 2.24) is 14.7 Å². The molecule has 1 aromatic rings. The highest BCUT2D eigenvalue weighted by Crippen LogP contribution is 2.33. The van der Waals surface area contributed by atoms with Gasteiger partial charge in [0.15, 0.2) is 0 Å². The Morgan fingerprint density at radius 1 is 1.35 bits per heavy atom. The van der Waals surface area contributed by atoms with E-state index in [1.807, 2.05) is 35.5 Å². The molecule has 0 spiro atoms. The number of hydrogen-bond acceptors (Lipinski definition) is 6. The highest BCUT2D eigenvalue weighted by atomic mass is 32.2. The maximum absolute atomic E-state index is 12.5. The van der Waals surface area contributed by atoms with Gasteiger partial charge in [-0.05, 0) is 24.6 Å². The van der Waals surface area contributed by atoms with E-state index in [0.29, 0.717) is 22.3 Å². The topological polar surface area (TPSA) is 43.9 Å². The second-order valence-electron chi connectivity index (χ2n) is 5.47.